The van der Waals surface area contributed by atoms with Gasteiger partial charge in [0.1, 0.15) is 11.5 Å². The van der Waals surface area contributed by atoms with E-state index in [1.807, 2.05) is 31.2 Å². The van der Waals surface area contributed by atoms with Crippen LogP contribution in [0.25, 0.3) is 17.4 Å². The Morgan fingerprint density at radius 2 is 1.88 bits per heavy atom. The molecule has 0 spiro atoms. The molecule has 8 heteroatoms. The van der Waals surface area contributed by atoms with Crippen LogP contribution in [-0.2, 0) is 4.79 Å². The third kappa shape index (κ3) is 5.12. The van der Waals surface area contributed by atoms with E-state index in [4.69, 9.17) is 9.41 Å². The zero-order valence-corrected chi connectivity index (χ0v) is 20.1. The standard InChI is InChI=1S/C26H25N3O4S/c1-4-5-14-28-25(30)24(34-26(28)27-20-10-6-17(2)7-11-20)16-21-12-13-23(33-21)19-9-8-18(3)22(15-19)29(31)32/h6-13,15-16H,4-5,14H2,1-3H3/b24-16+,27-26?. The molecule has 1 aliphatic heterocycles. The van der Waals surface area contributed by atoms with Crippen LogP contribution in [0.5, 0.6) is 0 Å². The van der Waals surface area contributed by atoms with Crippen LogP contribution < -0.4 is 0 Å². The smallest absolute Gasteiger partial charge is 0.273 e. The molecule has 0 bridgehead atoms. The Labute approximate surface area is 202 Å². The first-order valence-corrected chi connectivity index (χ1v) is 11.9. The summed E-state index contributed by atoms with van der Waals surface area (Å²) >= 11 is 1.32. The molecule has 3 aromatic rings. The first-order valence-electron chi connectivity index (χ1n) is 11.1. The lowest BCUT2D eigenvalue weighted by molar-refractivity contribution is -0.385. The van der Waals surface area contributed by atoms with Crippen LogP contribution in [0.15, 0.2) is 68.9 Å². The Morgan fingerprint density at radius 1 is 1.12 bits per heavy atom. The molecule has 0 unspecified atom stereocenters. The molecule has 1 saturated heterocycles. The topological polar surface area (TPSA) is 89.0 Å². The maximum Gasteiger partial charge on any atom is 0.273 e. The number of amidine groups is 1. The molecule has 0 N–H and O–H groups in total. The molecule has 0 saturated carbocycles. The molecule has 34 heavy (non-hydrogen) atoms. The number of nitrogens with zero attached hydrogens (tertiary/aromatic N) is 3. The van der Waals surface area contributed by atoms with E-state index in [1.54, 1.807) is 42.2 Å². The molecule has 0 aliphatic carbocycles. The summed E-state index contributed by atoms with van der Waals surface area (Å²) in [5, 5.41) is 11.9. The second-order valence-corrected chi connectivity index (χ2v) is 9.12. The Bertz CT molecular complexity index is 1290. The Morgan fingerprint density at radius 3 is 2.59 bits per heavy atom. The Balaban J connectivity index is 1.62. The van der Waals surface area contributed by atoms with Crippen LogP contribution in [0.4, 0.5) is 11.4 Å². The second-order valence-electron chi connectivity index (χ2n) is 8.11. The highest BCUT2D eigenvalue weighted by Gasteiger charge is 2.33. The van der Waals surface area contributed by atoms with Gasteiger partial charge in [-0.15, -0.1) is 0 Å². The number of amides is 1. The van der Waals surface area contributed by atoms with E-state index in [9.17, 15) is 14.9 Å². The summed E-state index contributed by atoms with van der Waals surface area (Å²) in [7, 11) is 0. The normalized spacial score (nSPS) is 16.1. The number of carbonyl (C=O) groups excluding carboxylic acids is 1. The highest BCUT2D eigenvalue weighted by molar-refractivity contribution is 8.18. The van der Waals surface area contributed by atoms with Gasteiger partial charge in [-0.1, -0.05) is 43.2 Å². The molecule has 2 heterocycles. The van der Waals surface area contributed by atoms with E-state index in [0.717, 1.165) is 24.1 Å². The van der Waals surface area contributed by atoms with E-state index >= 15 is 0 Å². The summed E-state index contributed by atoms with van der Waals surface area (Å²) in [6, 6.07) is 16.4. The number of thioether (sulfide) groups is 1. The van der Waals surface area contributed by atoms with Gasteiger partial charge in [0.15, 0.2) is 5.17 Å². The molecule has 1 amide bonds. The summed E-state index contributed by atoms with van der Waals surface area (Å²) < 4.78 is 5.91. The van der Waals surface area contributed by atoms with Crippen molar-refractivity contribution in [1.82, 2.24) is 4.90 Å². The molecule has 4 rings (SSSR count). The van der Waals surface area contributed by atoms with E-state index in [2.05, 4.69) is 6.92 Å². The highest BCUT2D eigenvalue weighted by atomic mass is 32.2. The zero-order valence-electron chi connectivity index (χ0n) is 19.3. The van der Waals surface area contributed by atoms with Crippen molar-refractivity contribution in [2.24, 2.45) is 4.99 Å². The summed E-state index contributed by atoms with van der Waals surface area (Å²) in [4.78, 5) is 31.0. The van der Waals surface area contributed by atoms with E-state index < -0.39 is 4.92 Å². The lowest BCUT2D eigenvalue weighted by atomic mass is 10.1. The van der Waals surface area contributed by atoms with Gasteiger partial charge in [-0.05, 0) is 56.3 Å². The number of aliphatic imine (C=N–C) groups is 1. The quantitative estimate of drug-likeness (QED) is 0.211. The van der Waals surface area contributed by atoms with Gasteiger partial charge in [0, 0.05) is 29.8 Å². The maximum atomic E-state index is 13.1. The van der Waals surface area contributed by atoms with Gasteiger partial charge in [-0.2, -0.15) is 0 Å². The fourth-order valence-electron chi connectivity index (χ4n) is 3.51. The van der Waals surface area contributed by atoms with E-state index in [1.165, 1.54) is 17.8 Å². The molecule has 1 fully saturated rings. The number of carbonyl (C=O) groups is 1. The predicted octanol–water partition coefficient (Wildman–Crippen LogP) is 6.88. The summed E-state index contributed by atoms with van der Waals surface area (Å²) in [5.74, 6) is 0.899. The first kappa shape index (κ1) is 23.5. The fourth-order valence-corrected chi connectivity index (χ4v) is 4.51. The number of nitro benzene ring substituents is 1. The molecule has 0 radical (unpaired) electrons. The van der Waals surface area contributed by atoms with E-state index in [0.29, 0.717) is 39.3 Å². The van der Waals surface area contributed by atoms with Gasteiger partial charge in [0.05, 0.1) is 15.5 Å². The largest absolute Gasteiger partial charge is 0.457 e. The van der Waals surface area contributed by atoms with E-state index in [-0.39, 0.29) is 11.6 Å². The number of benzene rings is 2. The monoisotopic (exact) mass is 475 g/mol. The maximum absolute atomic E-state index is 13.1. The van der Waals surface area contributed by atoms with Crippen LogP contribution in [-0.4, -0.2) is 27.4 Å². The fraction of sp³-hybridized carbons (Fsp3) is 0.231. The minimum absolute atomic E-state index is 0.0406. The number of aryl methyl sites for hydroxylation is 2. The van der Waals surface area contributed by atoms with Gasteiger partial charge in [0.2, 0.25) is 0 Å². The van der Waals surface area contributed by atoms with Crippen molar-refractivity contribution in [3.63, 3.8) is 0 Å². The molecule has 0 atom stereocenters. The van der Waals surface area contributed by atoms with Crippen LogP contribution in [0.3, 0.4) is 0 Å². The lowest BCUT2D eigenvalue weighted by Gasteiger charge is -2.14. The second kappa shape index (κ2) is 10.1. The van der Waals surface area contributed by atoms with Crippen LogP contribution >= 0.6 is 11.8 Å². The van der Waals surface area contributed by atoms with Crippen molar-refractivity contribution in [3.8, 4) is 11.3 Å². The summed E-state index contributed by atoms with van der Waals surface area (Å²) in [6.45, 7) is 6.40. The zero-order chi connectivity index (χ0) is 24.2. The SMILES string of the molecule is CCCCN1C(=O)/C(=C\c2ccc(-c3ccc(C)c([N+](=O)[O-])c3)o2)SC1=Nc1ccc(C)cc1. The van der Waals surface area contributed by atoms with Crippen LogP contribution in [0, 0.1) is 24.0 Å². The van der Waals surface area contributed by atoms with Crippen molar-refractivity contribution in [2.45, 2.75) is 33.6 Å². The van der Waals surface area contributed by atoms with Crippen molar-refractivity contribution < 1.29 is 14.1 Å². The van der Waals surface area contributed by atoms with Gasteiger partial charge >= 0.3 is 0 Å². The third-order valence-corrected chi connectivity index (χ3v) is 6.48. The predicted molar refractivity (Wildman–Crippen MR) is 136 cm³/mol. The summed E-state index contributed by atoms with van der Waals surface area (Å²) in [5.41, 5.74) is 3.18. The number of furan rings is 1. The molecule has 7 nitrogen and oxygen atoms in total. The molecular weight excluding hydrogens is 450 g/mol. The number of rotatable bonds is 7. The van der Waals surface area contributed by atoms with Crippen LogP contribution in [0.2, 0.25) is 0 Å². The molecule has 1 aromatic heterocycles. The summed E-state index contributed by atoms with van der Waals surface area (Å²) in [6.07, 6.45) is 3.55. The average Bonchev–Trinajstić information content (AvgIpc) is 3.39. The lowest BCUT2D eigenvalue weighted by Crippen LogP contribution is -2.30. The number of nitro groups is 1. The molecule has 1 aliphatic rings. The molecular formula is C26H25N3O4S. The first-order chi connectivity index (χ1) is 16.4. The third-order valence-electron chi connectivity index (χ3n) is 5.47. The Kier molecular flexibility index (Phi) is 6.98. The number of unbranched alkanes of at least 4 members (excludes halogenated alkanes) is 1. The highest BCUT2D eigenvalue weighted by Crippen LogP contribution is 2.35. The average molecular weight is 476 g/mol. The van der Waals surface area contributed by atoms with Gasteiger partial charge in [0.25, 0.3) is 11.6 Å². The molecule has 174 valence electrons. The van der Waals surface area contributed by atoms with Crippen molar-refractivity contribution in [1.29, 1.82) is 0 Å². The van der Waals surface area contributed by atoms with Crippen molar-refractivity contribution in [2.75, 3.05) is 6.54 Å². The molecule has 2 aromatic carbocycles. The van der Waals surface area contributed by atoms with Gasteiger partial charge in [-0.3, -0.25) is 19.8 Å². The number of hydrogen-bond donors (Lipinski definition) is 0. The van der Waals surface area contributed by atoms with Crippen molar-refractivity contribution in [3.05, 3.63) is 86.5 Å². The Hall–Kier alpha value is -3.65. The minimum Gasteiger partial charge on any atom is -0.457 e. The van der Waals surface area contributed by atoms with Crippen LogP contribution in [0.1, 0.15) is 36.7 Å². The minimum atomic E-state index is -0.404. The number of hydrogen-bond acceptors (Lipinski definition) is 6. The van der Waals surface area contributed by atoms with Gasteiger partial charge < -0.3 is 4.42 Å². The van der Waals surface area contributed by atoms with Gasteiger partial charge in [-0.25, -0.2) is 4.99 Å². The van der Waals surface area contributed by atoms with Crippen molar-refractivity contribution >= 4 is 40.3 Å².